The molecule has 6 heteroatoms. The summed E-state index contributed by atoms with van der Waals surface area (Å²) in [5.74, 6) is 0. The van der Waals surface area contributed by atoms with Crippen molar-refractivity contribution >= 4 is 28.9 Å². The molecule has 1 aromatic rings. The summed E-state index contributed by atoms with van der Waals surface area (Å²) in [6, 6.07) is 1.31. The molecule has 1 aromatic heterocycles. The molecule has 0 amide bonds. The van der Waals surface area contributed by atoms with Crippen molar-refractivity contribution in [3.8, 4) is 0 Å². The van der Waals surface area contributed by atoms with Crippen LogP contribution in [0.15, 0.2) is 6.07 Å². The summed E-state index contributed by atoms with van der Waals surface area (Å²) in [4.78, 5) is 14.4. The first-order chi connectivity index (χ1) is 6.60. The summed E-state index contributed by atoms with van der Waals surface area (Å²) in [7, 11) is 0. The second kappa shape index (κ2) is 4.74. The van der Waals surface area contributed by atoms with Gasteiger partial charge in [0.15, 0.2) is 6.29 Å². The van der Waals surface area contributed by atoms with Crippen LogP contribution in [0.4, 0.5) is 8.78 Å². The largest absolute Gasteiger partial charge is 0.325 e. The minimum atomic E-state index is -2.72. The predicted octanol–water partition coefficient (Wildman–Crippen LogP) is 1.90. The molecule has 0 fully saturated rings. The Hall–Kier alpha value is -0.630. The van der Waals surface area contributed by atoms with E-state index in [-0.39, 0.29) is 23.4 Å². The Kier molecular flexibility index (Phi) is 3.87. The Morgan fingerprint density at radius 1 is 1.64 bits per heavy atom. The van der Waals surface area contributed by atoms with Gasteiger partial charge in [-0.3, -0.25) is 4.79 Å². The zero-order chi connectivity index (χ0) is 10.7. The topological polar surface area (TPSA) is 56.0 Å². The summed E-state index contributed by atoms with van der Waals surface area (Å²) in [6.45, 7) is -0.0998. The van der Waals surface area contributed by atoms with Gasteiger partial charge in [-0.1, -0.05) is 0 Å². The van der Waals surface area contributed by atoms with E-state index in [4.69, 9.17) is 5.73 Å². The number of aldehydes is 1. The fourth-order valence-electron chi connectivity index (χ4n) is 1.10. The quantitative estimate of drug-likeness (QED) is 0.527. The highest BCUT2D eigenvalue weighted by Crippen LogP contribution is 2.25. The number of rotatable bonds is 3. The van der Waals surface area contributed by atoms with Gasteiger partial charge in [-0.05, 0) is 28.7 Å². The van der Waals surface area contributed by atoms with Crippen LogP contribution in [0, 0.1) is 3.70 Å². The molecule has 1 rings (SSSR count). The lowest BCUT2D eigenvalue weighted by Gasteiger charge is -2.09. The molecule has 0 atom stereocenters. The number of nitrogens with two attached hydrogens (primary N) is 1. The smallest absolute Gasteiger partial charge is 0.266 e. The van der Waals surface area contributed by atoms with Crippen LogP contribution in [0.25, 0.3) is 0 Å². The average molecular weight is 312 g/mol. The molecule has 0 bridgehead atoms. The number of nitrogens with zero attached hydrogens (tertiary/aromatic N) is 1. The van der Waals surface area contributed by atoms with Gasteiger partial charge in [0, 0.05) is 12.1 Å². The number of pyridine rings is 1. The van der Waals surface area contributed by atoms with Crippen LogP contribution in [-0.4, -0.2) is 11.3 Å². The lowest BCUT2D eigenvalue weighted by atomic mass is 10.1. The SMILES string of the molecule is NCc1nc(I)cc(C=O)c1C(F)F. The maximum absolute atomic E-state index is 12.5. The lowest BCUT2D eigenvalue weighted by molar-refractivity contribution is 0.110. The Balaban J connectivity index is 3.40. The molecule has 0 spiro atoms. The number of alkyl halides is 2. The molecule has 0 saturated carbocycles. The summed E-state index contributed by atoms with van der Waals surface area (Å²) in [6.07, 6.45) is -2.33. The molecule has 0 aliphatic rings. The van der Waals surface area contributed by atoms with E-state index in [0.29, 0.717) is 9.99 Å². The minimum absolute atomic E-state index is 0.0418. The lowest BCUT2D eigenvalue weighted by Crippen LogP contribution is -2.09. The Morgan fingerprint density at radius 2 is 2.29 bits per heavy atom. The van der Waals surface area contributed by atoms with Crippen LogP contribution in [0.3, 0.4) is 0 Å². The Morgan fingerprint density at radius 3 is 2.71 bits per heavy atom. The summed E-state index contributed by atoms with van der Waals surface area (Å²) in [5, 5.41) is 0. The first kappa shape index (κ1) is 11.4. The highest BCUT2D eigenvalue weighted by Gasteiger charge is 2.18. The third-order valence-corrected chi connectivity index (χ3v) is 2.23. The number of aromatic nitrogens is 1. The zero-order valence-corrected chi connectivity index (χ0v) is 9.16. The van der Waals surface area contributed by atoms with Crippen molar-refractivity contribution in [3.63, 3.8) is 0 Å². The van der Waals surface area contributed by atoms with Gasteiger partial charge < -0.3 is 5.73 Å². The summed E-state index contributed by atoms with van der Waals surface area (Å²) in [5.41, 5.74) is 4.94. The van der Waals surface area contributed by atoms with Gasteiger partial charge in [-0.25, -0.2) is 13.8 Å². The van der Waals surface area contributed by atoms with Crippen LogP contribution in [0.2, 0.25) is 0 Å². The minimum Gasteiger partial charge on any atom is -0.325 e. The second-order valence-electron chi connectivity index (χ2n) is 2.52. The molecule has 0 aromatic carbocycles. The normalized spacial score (nSPS) is 10.6. The van der Waals surface area contributed by atoms with Crippen molar-refractivity contribution in [1.82, 2.24) is 4.98 Å². The van der Waals surface area contributed by atoms with Crippen molar-refractivity contribution in [2.24, 2.45) is 5.73 Å². The second-order valence-corrected chi connectivity index (χ2v) is 3.62. The van der Waals surface area contributed by atoms with E-state index >= 15 is 0 Å². The molecular weight excluding hydrogens is 305 g/mol. The van der Waals surface area contributed by atoms with Crippen molar-refractivity contribution in [3.05, 3.63) is 26.6 Å². The fourth-order valence-corrected chi connectivity index (χ4v) is 1.73. The van der Waals surface area contributed by atoms with E-state index in [1.807, 2.05) is 22.6 Å². The van der Waals surface area contributed by atoms with Crippen molar-refractivity contribution < 1.29 is 13.6 Å². The van der Waals surface area contributed by atoms with Crippen molar-refractivity contribution in [2.75, 3.05) is 0 Å². The fraction of sp³-hybridized carbons (Fsp3) is 0.250. The third-order valence-electron chi connectivity index (χ3n) is 1.68. The monoisotopic (exact) mass is 312 g/mol. The highest BCUT2D eigenvalue weighted by atomic mass is 127. The van der Waals surface area contributed by atoms with E-state index in [9.17, 15) is 13.6 Å². The number of carbonyl (C=O) groups is 1. The molecule has 3 nitrogen and oxygen atoms in total. The van der Waals surface area contributed by atoms with Gasteiger partial charge >= 0.3 is 0 Å². The van der Waals surface area contributed by atoms with Crippen LogP contribution >= 0.6 is 22.6 Å². The Labute approximate surface area is 92.8 Å². The predicted molar refractivity (Wildman–Crippen MR) is 55.2 cm³/mol. The molecule has 14 heavy (non-hydrogen) atoms. The maximum Gasteiger partial charge on any atom is 0.266 e. The van der Waals surface area contributed by atoms with Crippen LogP contribution < -0.4 is 5.73 Å². The molecule has 2 N–H and O–H groups in total. The van der Waals surface area contributed by atoms with Gasteiger partial charge in [-0.2, -0.15) is 0 Å². The van der Waals surface area contributed by atoms with Gasteiger partial charge in [0.25, 0.3) is 6.43 Å². The number of carbonyl (C=O) groups excluding carboxylic acids is 1. The van der Waals surface area contributed by atoms with Gasteiger partial charge in [-0.15, -0.1) is 0 Å². The van der Waals surface area contributed by atoms with E-state index in [1.54, 1.807) is 0 Å². The molecule has 0 unspecified atom stereocenters. The molecule has 76 valence electrons. The number of hydrogen-bond donors (Lipinski definition) is 1. The van der Waals surface area contributed by atoms with E-state index < -0.39 is 6.43 Å². The highest BCUT2D eigenvalue weighted by molar-refractivity contribution is 14.1. The van der Waals surface area contributed by atoms with Gasteiger partial charge in [0.2, 0.25) is 0 Å². The zero-order valence-electron chi connectivity index (χ0n) is 7.01. The third kappa shape index (κ3) is 2.24. The first-order valence-corrected chi connectivity index (χ1v) is 4.80. The molecule has 0 saturated heterocycles. The summed E-state index contributed by atoms with van der Waals surface area (Å²) >= 11 is 1.85. The van der Waals surface area contributed by atoms with Gasteiger partial charge in [0.05, 0.1) is 11.3 Å². The standard InChI is InChI=1S/C8H7F2IN2O/c9-8(10)7-4(3-14)1-6(11)13-5(7)2-12/h1,3,8H,2,12H2. The van der Waals surface area contributed by atoms with Crippen LogP contribution in [0.1, 0.15) is 28.0 Å². The summed E-state index contributed by atoms with van der Waals surface area (Å²) < 4.78 is 25.6. The maximum atomic E-state index is 12.5. The molecule has 0 radical (unpaired) electrons. The molecule has 0 aliphatic carbocycles. The number of hydrogen-bond acceptors (Lipinski definition) is 3. The van der Waals surface area contributed by atoms with Crippen molar-refractivity contribution in [2.45, 2.75) is 13.0 Å². The molecule has 0 aliphatic heterocycles. The van der Waals surface area contributed by atoms with Crippen LogP contribution in [0.5, 0.6) is 0 Å². The van der Waals surface area contributed by atoms with E-state index in [1.165, 1.54) is 6.07 Å². The van der Waals surface area contributed by atoms with E-state index in [2.05, 4.69) is 4.98 Å². The number of halogens is 3. The van der Waals surface area contributed by atoms with E-state index in [0.717, 1.165) is 0 Å². The average Bonchev–Trinajstić information content (AvgIpc) is 2.15. The molecular formula is C8H7F2IN2O. The first-order valence-electron chi connectivity index (χ1n) is 3.72. The Bertz CT molecular complexity index is 357. The van der Waals surface area contributed by atoms with Gasteiger partial charge in [0.1, 0.15) is 3.70 Å². The molecule has 1 heterocycles. The van der Waals surface area contributed by atoms with Crippen molar-refractivity contribution in [1.29, 1.82) is 0 Å². The van der Waals surface area contributed by atoms with Crippen LogP contribution in [-0.2, 0) is 6.54 Å².